The average Bonchev–Trinajstić information content (AvgIpc) is 2.38. The molecule has 0 radical (unpaired) electrons. The zero-order valence-corrected chi connectivity index (χ0v) is 12.9. The van der Waals surface area contributed by atoms with Gasteiger partial charge in [-0.3, -0.25) is 0 Å². The molecule has 0 saturated heterocycles. The summed E-state index contributed by atoms with van der Waals surface area (Å²) < 4.78 is 7.75. The van der Waals surface area contributed by atoms with E-state index in [1.807, 2.05) is 42.5 Å². The number of ether oxygens (including phenoxy) is 1. The van der Waals surface area contributed by atoms with E-state index < -0.39 is 0 Å². The van der Waals surface area contributed by atoms with E-state index in [2.05, 4.69) is 31.9 Å². The number of hydrogen-bond donors (Lipinski definition) is 1. The van der Waals surface area contributed by atoms with E-state index >= 15 is 0 Å². The summed E-state index contributed by atoms with van der Waals surface area (Å²) in [7, 11) is 0. The molecular formula is C14H13Br2NO. The summed E-state index contributed by atoms with van der Waals surface area (Å²) in [6, 6.07) is 13.9. The van der Waals surface area contributed by atoms with Crippen molar-refractivity contribution >= 4 is 31.9 Å². The van der Waals surface area contributed by atoms with Gasteiger partial charge < -0.3 is 10.5 Å². The Kier molecular flexibility index (Phi) is 4.80. The van der Waals surface area contributed by atoms with Gasteiger partial charge in [0.1, 0.15) is 12.4 Å². The van der Waals surface area contributed by atoms with Crippen LogP contribution in [0.5, 0.6) is 5.75 Å². The Morgan fingerprint density at radius 2 is 1.72 bits per heavy atom. The van der Waals surface area contributed by atoms with Gasteiger partial charge in [-0.1, -0.05) is 40.2 Å². The van der Waals surface area contributed by atoms with E-state index in [4.69, 9.17) is 10.5 Å². The lowest BCUT2D eigenvalue weighted by atomic mass is 10.1. The summed E-state index contributed by atoms with van der Waals surface area (Å²) >= 11 is 6.89. The van der Waals surface area contributed by atoms with Gasteiger partial charge >= 0.3 is 0 Å². The largest absolute Gasteiger partial charge is 0.488 e. The lowest BCUT2D eigenvalue weighted by Crippen LogP contribution is -2.04. The topological polar surface area (TPSA) is 35.2 Å². The van der Waals surface area contributed by atoms with Gasteiger partial charge in [0.2, 0.25) is 0 Å². The first-order valence-electron chi connectivity index (χ1n) is 5.55. The Bertz CT molecular complexity index is 543. The minimum Gasteiger partial charge on any atom is -0.488 e. The molecule has 0 spiro atoms. The maximum Gasteiger partial charge on any atom is 0.134 e. The van der Waals surface area contributed by atoms with Crippen molar-refractivity contribution in [2.75, 3.05) is 0 Å². The van der Waals surface area contributed by atoms with Crippen LogP contribution in [0.4, 0.5) is 0 Å². The smallest absolute Gasteiger partial charge is 0.134 e. The molecule has 2 nitrogen and oxygen atoms in total. The first kappa shape index (κ1) is 13.6. The van der Waals surface area contributed by atoms with Crippen LogP contribution in [0.15, 0.2) is 51.4 Å². The highest BCUT2D eigenvalue weighted by Crippen LogP contribution is 2.29. The van der Waals surface area contributed by atoms with Crippen LogP contribution in [0, 0.1) is 0 Å². The number of hydrogen-bond acceptors (Lipinski definition) is 2. The molecule has 0 aromatic heterocycles. The van der Waals surface area contributed by atoms with Crippen molar-refractivity contribution in [3.8, 4) is 5.75 Å². The van der Waals surface area contributed by atoms with Gasteiger partial charge in [0.05, 0.1) is 4.47 Å². The highest BCUT2D eigenvalue weighted by atomic mass is 79.9. The third kappa shape index (κ3) is 3.34. The highest BCUT2D eigenvalue weighted by Gasteiger charge is 2.04. The number of nitrogens with two attached hydrogens (primary N) is 1. The molecule has 0 unspecified atom stereocenters. The van der Waals surface area contributed by atoms with Gasteiger partial charge in [-0.2, -0.15) is 0 Å². The summed E-state index contributed by atoms with van der Waals surface area (Å²) in [5.74, 6) is 0.824. The predicted octanol–water partition coefficient (Wildman–Crippen LogP) is 4.25. The molecule has 0 atom stereocenters. The molecule has 0 amide bonds. The van der Waals surface area contributed by atoms with Crippen LogP contribution in [0.25, 0.3) is 0 Å². The predicted molar refractivity (Wildman–Crippen MR) is 80.5 cm³/mol. The molecule has 2 aromatic carbocycles. The molecule has 0 saturated carbocycles. The van der Waals surface area contributed by atoms with E-state index in [0.717, 1.165) is 25.8 Å². The number of rotatable bonds is 4. The Morgan fingerprint density at radius 1 is 1.00 bits per heavy atom. The number of benzene rings is 2. The minimum atomic E-state index is 0.521. The normalized spacial score (nSPS) is 10.4. The van der Waals surface area contributed by atoms with Crippen LogP contribution in [-0.4, -0.2) is 0 Å². The van der Waals surface area contributed by atoms with E-state index in [-0.39, 0.29) is 0 Å². The van der Waals surface area contributed by atoms with Crippen molar-refractivity contribution in [1.29, 1.82) is 0 Å². The van der Waals surface area contributed by atoms with Gasteiger partial charge in [-0.15, -0.1) is 0 Å². The maximum absolute atomic E-state index is 5.80. The molecule has 18 heavy (non-hydrogen) atoms. The molecule has 0 aliphatic rings. The van der Waals surface area contributed by atoms with Crippen molar-refractivity contribution in [3.63, 3.8) is 0 Å². The van der Waals surface area contributed by atoms with Crippen molar-refractivity contribution in [1.82, 2.24) is 0 Å². The molecular weight excluding hydrogens is 358 g/mol. The average molecular weight is 371 g/mol. The SMILES string of the molecule is NCc1ccccc1COc1ccc(Br)cc1Br. The van der Waals surface area contributed by atoms with E-state index in [1.165, 1.54) is 0 Å². The van der Waals surface area contributed by atoms with Gasteiger partial charge in [0.15, 0.2) is 0 Å². The molecule has 2 N–H and O–H groups in total. The fourth-order valence-corrected chi connectivity index (χ4v) is 2.81. The Morgan fingerprint density at radius 3 is 2.39 bits per heavy atom. The summed E-state index contributed by atoms with van der Waals surface area (Å²) in [5.41, 5.74) is 7.93. The third-order valence-corrected chi connectivity index (χ3v) is 3.73. The van der Waals surface area contributed by atoms with Crippen LogP contribution < -0.4 is 10.5 Å². The molecule has 0 aliphatic heterocycles. The lowest BCUT2D eigenvalue weighted by Gasteiger charge is -2.11. The van der Waals surface area contributed by atoms with E-state index in [0.29, 0.717) is 13.2 Å². The van der Waals surface area contributed by atoms with E-state index in [1.54, 1.807) is 0 Å². The van der Waals surface area contributed by atoms with Crippen molar-refractivity contribution in [2.24, 2.45) is 5.73 Å². The fourth-order valence-electron chi connectivity index (χ4n) is 1.65. The highest BCUT2D eigenvalue weighted by molar-refractivity contribution is 9.11. The fraction of sp³-hybridized carbons (Fsp3) is 0.143. The first-order valence-corrected chi connectivity index (χ1v) is 7.14. The molecule has 0 bridgehead atoms. The minimum absolute atomic E-state index is 0.521. The molecule has 0 aliphatic carbocycles. The summed E-state index contributed by atoms with van der Waals surface area (Å²) in [6.07, 6.45) is 0. The maximum atomic E-state index is 5.80. The summed E-state index contributed by atoms with van der Waals surface area (Å²) in [5, 5.41) is 0. The second-order valence-corrected chi connectivity index (χ2v) is 5.61. The van der Waals surface area contributed by atoms with Crippen LogP contribution in [-0.2, 0) is 13.2 Å². The van der Waals surface area contributed by atoms with E-state index in [9.17, 15) is 0 Å². The van der Waals surface area contributed by atoms with Crippen LogP contribution in [0.2, 0.25) is 0 Å². The Labute approximate surface area is 123 Å². The van der Waals surface area contributed by atoms with Gasteiger partial charge in [0.25, 0.3) is 0 Å². The Balaban J connectivity index is 2.11. The molecule has 0 heterocycles. The monoisotopic (exact) mass is 369 g/mol. The lowest BCUT2D eigenvalue weighted by molar-refractivity contribution is 0.303. The second kappa shape index (κ2) is 6.36. The summed E-state index contributed by atoms with van der Waals surface area (Å²) in [4.78, 5) is 0. The first-order chi connectivity index (χ1) is 8.70. The molecule has 4 heteroatoms. The van der Waals surface area contributed by atoms with Gasteiger partial charge in [0, 0.05) is 11.0 Å². The molecule has 2 aromatic rings. The Hall–Kier alpha value is -0.840. The van der Waals surface area contributed by atoms with Crippen molar-refractivity contribution in [3.05, 3.63) is 62.5 Å². The zero-order valence-electron chi connectivity index (χ0n) is 9.70. The third-order valence-electron chi connectivity index (χ3n) is 2.62. The zero-order chi connectivity index (χ0) is 13.0. The molecule has 94 valence electrons. The molecule has 0 fully saturated rings. The number of halogens is 2. The van der Waals surface area contributed by atoms with Gasteiger partial charge in [-0.25, -0.2) is 0 Å². The summed E-state index contributed by atoms with van der Waals surface area (Å²) in [6.45, 7) is 1.05. The quantitative estimate of drug-likeness (QED) is 0.873. The molecule has 2 rings (SSSR count). The van der Waals surface area contributed by atoms with Crippen LogP contribution in [0.1, 0.15) is 11.1 Å². The van der Waals surface area contributed by atoms with Crippen molar-refractivity contribution < 1.29 is 4.74 Å². The van der Waals surface area contributed by atoms with Crippen LogP contribution in [0.3, 0.4) is 0 Å². The van der Waals surface area contributed by atoms with Crippen molar-refractivity contribution in [2.45, 2.75) is 13.2 Å². The standard InChI is InChI=1S/C14H13Br2NO/c15-12-5-6-14(13(16)7-12)18-9-11-4-2-1-3-10(11)8-17/h1-7H,8-9,17H2. The second-order valence-electron chi connectivity index (χ2n) is 3.84. The van der Waals surface area contributed by atoms with Gasteiger partial charge in [-0.05, 0) is 45.3 Å². The van der Waals surface area contributed by atoms with Crippen LogP contribution >= 0.6 is 31.9 Å².